The summed E-state index contributed by atoms with van der Waals surface area (Å²) < 4.78 is 0. The molecule has 268 valence electrons. The fraction of sp³-hybridized carbons (Fsp3) is 0.320. The fourth-order valence-corrected chi connectivity index (χ4v) is 6.77. The Morgan fingerprint density at radius 2 is 0.750 bits per heavy atom. The number of anilines is 4. The number of fused-ring (bicyclic) bond motifs is 1. The highest BCUT2D eigenvalue weighted by molar-refractivity contribution is 6.04. The minimum atomic E-state index is 0.0183. The first-order chi connectivity index (χ1) is 24.3. The van der Waals surface area contributed by atoms with Crippen molar-refractivity contribution in [3.63, 3.8) is 0 Å². The van der Waals surface area contributed by atoms with E-state index in [-0.39, 0.29) is 21.7 Å². The van der Waals surface area contributed by atoms with Crippen molar-refractivity contribution in [2.75, 3.05) is 10.6 Å². The summed E-state index contributed by atoms with van der Waals surface area (Å²) in [5.74, 6) is 0. The van der Waals surface area contributed by atoms with Gasteiger partial charge in [0.2, 0.25) is 0 Å². The molecule has 0 aliphatic rings. The maximum absolute atomic E-state index is 3.97. The Morgan fingerprint density at radius 1 is 0.346 bits per heavy atom. The van der Waals surface area contributed by atoms with E-state index in [1.54, 1.807) is 0 Å². The van der Waals surface area contributed by atoms with Gasteiger partial charge >= 0.3 is 0 Å². The van der Waals surface area contributed by atoms with Crippen molar-refractivity contribution in [2.24, 2.45) is 0 Å². The van der Waals surface area contributed by atoms with Gasteiger partial charge in [-0.2, -0.15) is 0 Å². The summed E-state index contributed by atoms with van der Waals surface area (Å²) in [5.41, 5.74) is 14.6. The van der Waals surface area contributed by atoms with E-state index in [4.69, 9.17) is 0 Å². The summed E-state index contributed by atoms with van der Waals surface area (Å²) in [6.07, 6.45) is 0. The van der Waals surface area contributed by atoms with E-state index < -0.39 is 0 Å². The molecule has 0 saturated carbocycles. The van der Waals surface area contributed by atoms with Crippen LogP contribution in [0.1, 0.15) is 105 Å². The zero-order valence-electron chi connectivity index (χ0n) is 33.5. The average Bonchev–Trinajstić information content (AvgIpc) is 3.07. The Bertz CT molecular complexity index is 2160. The maximum Gasteiger partial charge on any atom is 0.0623 e. The predicted octanol–water partition coefficient (Wildman–Crippen LogP) is 14.9. The van der Waals surface area contributed by atoms with Crippen LogP contribution in [0.25, 0.3) is 33.0 Å². The largest absolute Gasteiger partial charge is 0.353 e. The van der Waals surface area contributed by atoms with Crippen LogP contribution in [0.3, 0.4) is 0 Å². The van der Waals surface area contributed by atoms with E-state index in [0.717, 1.165) is 22.7 Å². The van der Waals surface area contributed by atoms with Crippen LogP contribution in [0.2, 0.25) is 0 Å². The first-order valence-corrected chi connectivity index (χ1v) is 18.9. The van der Waals surface area contributed by atoms with Crippen molar-refractivity contribution < 1.29 is 0 Å². The summed E-state index contributed by atoms with van der Waals surface area (Å²) in [7, 11) is 0. The molecule has 0 spiro atoms. The Balaban J connectivity index is 1.48. The lowest BCUT2D eigenvalue weighted by Crippen LogP contribution is -2.16. The van der Waals surface area contributed by atoms with E-state index in [1.165, 1.54) is 55.3 Å². The normalized spacial score (nSPS) is 12.6. The molecule has 2 heteroatoms. The van der Waals surface area contributed by atoms with Gasteiger partial charge in [-0.1, -0.05) is 186 Å². The highest BCUT2D eigenvalue weighted by Crippen LogP contribution is 2.43. The Labute approximate surface area is 313 Å². The molecule has 0 bridgehead atoms. The second-order valence-electron chi connectivity index (χ2n) is 18.6. The Morgan fingerprint density at radius 3 is 1.25 bits per heavy atom. The SMILES string of the molecule is CC(C)(C)c1cc(-c2ccccc2Nc2ccccc2Nc2c(-c3cc(C(C)(C)C)cc(C(C)(C)C)c3)ccc3ccccc23)cc(C(C)(C)C)c1. The van der Waals surface area contributed by atoms with Gasteiger partial charge in [0.05, 0.1) is 17.1 Å². The molecule has 0 fully saturated rings. The van der Waals surface area contributed by atoms with Crippen molar-refractivity contribution in [3.8, 4) is 22.3 Å². The minimum absolute atomic E-state index is 0.0183. The van der Waals surface area contributed by atoms with Gasteiger partial charge < -0.3 is 10.6 Å². The second kappa shape index (κ2) is 13.6. The number of benzene rings is 6. The molecule has 0 atom stereocenters. The predicted molar refractivity (Wildman–Crippen MR) is 229 cm³/mol. The van der Waals surface area contributed by atoms with Gasteiger partial charge in [-0.05, 0) is 78.6 Å². The van der Waals surface area contributed by atoms with Crippen molar-refractivity contribution in [3.05, 3.63) is 144 Å². The summed E-state index contributed by atoms with van der Waals surface area (Å²) in [6.45, 7) is 27.6. The van der Waals surface area contributed by atoms with Crippen LogP contribution in [0.15, 0.2) is 121 Å². The zero-order valence-corrected chi connectivity index (χ0v) is 33.5. The quantitative estimate of drug-likeness (QED) is 0.182. The van der Waals surface area contributed by atoms with Crippen LogP contribution in [-0.2, 0) is 21.7 Å². The van der Waals surface area contributed by atoms with Crippen LogP contribution < -0.4 is 10.6 Å². The van der Waals surface area contributed by atoms with Crippen LogP contribution in [0, 0.1) is 0 Å². The lowest BCUT2D eigenvalue weighted by Gasteiger charge is -2.27. The third kappa shape index (κ3) is 7.97. The Kier molecular flexibility index (Phi) is 9.68. The Hall–Kier alpha value is -4.82. The molecule has 0 aliphatic heterocycles. The summed E-state index contributed by atoms with van der Waals surface area (Å²) in [4.78, 5) is 0. The smallest absolute Gasteiger partial charge is 0.0623 e. The highest BCUT2D eigenvalue weighted by Gasteiger charge is 2.24. The molecule has 2 N–H and O–H groups in total. The number of para-hydroxylation sites is 3. The van der Waals surface area contributed by atoms with Gasteiger partial charge in [0.15, 0.2) is 0 Å². The van der Waals surface area contributed by atoms with Crippen molar-refractivity contribution in [2.45, 2.75) is 105 Å². The van der Waals surface area contributed by atoms with E-state index in [0.29, 0.717) is 0 Å². The van der Waals surface area contributed by atoms with Crippen molar-refractivity contribution in [1.29, 1.82) is 0 Å². The topological polar surface area (TPSA) is 24.1 Å². The summed E-state index contributed by atoms with van der Waals surface area (Å²) in [6, 6.07) is 44.9. The van der Waals surface area contributed by atoms with Gasteiger partial charge in [0.1, 0.15) is 0 Å². The molecule has 6 rings (SSSR count). The second-order valence-corrected chi connectivity index (χ2v) is 18.6. The lowest BCUT2D eigenvalue weighted by atomic mass is 9.78. The molecule has 0 unspecified atom stereocenters. The van der Waals surface area contributed by atoms with Gasteiger partial charge in [-0.3, -0.25) is 0 Å². The van der Waals surface area contributed by atoms with Crippen LogP contribution in [0.4, 0.5) is 22.7 Å². The van der Waals surface area contributed by atoms with E-state index in [2.05, 4.69) is 215 Å². The van der Waals surface area contributed by atoms with Gasteiger partial charge in [0, 0.05) is 22.2 Å². The summed E-state index contributed by atoms with van der Waals surface area (Å²) >= 11 is 0. The minimum Gasteiger partial charge on any atom is -0.353 e. The average molecular weight is 687 g/mol. The molecule has 0 radical (unpaired) electrons. The van der Waals surface area contributed by atoms with Gasteiger partial charge in [-0.15, -0.1) is 0 Å². The molecule has 0 aliphatic carbocycles. The molecule has 6 aromatic carbocycles. The molecular formula is C50H58N2. The molecular weight excluding hydrogens is 629 g/mol. The number of nitrogens with one attached hydrogen (secondary N) is 2. The fourth-order valence-electron chi connectivity index (χ4n) is 6.77. The molecule has 0 amide bonds. The van der Waals surface area contributed by atoms with Crippen molar-refractivity contribution in [1.82, 2.24) is 0 Å². The van der Waals surface area contributed by atoms with Crippen molar-refractivity contribution >= 4 is 33.5 Å². The monoisotopic (exact) mass is 686 g/mol. The molecule has 0 heterocycles. The lowest BCUT2D eigenvalue weighted by molar-refractivity contribution is 0.568. The van der Waals surface area contributed by atoms with Gasteiger partial charge in [0.25, 0.3) is 0 Å². The maximum atomic E-state index is 3.97. The number of rotatable bonds is 6. The van der Waals surface area contributed by atoms with E-state index >= 15 is 0 Å². The third-order valence-corrected chi connectivity index (χ3v) is 10.3. The van der Waals surface area contributed by atoms with E-state index in [9.17, 15) is 0 Å². The molecule has 52 heavy (non-hydrogen) atoms. The number of hydrogen-bond acceptors (Lipinski definition) is 2. The highest BCUT2D eigenvalue weighted by atomic mass is 15.0. The standard InChI is InChI=1S/C50H58N2/c1-47(2,3)36-27-34(28-37(31-36)48(4,5)6)40-20-15-16-22-43(40)51-44-23-17-18-24-45(44)52-46-41-21-14-13-19-33(41)25-26-42(46)35-29-38(49(7,8)9)32-39(30-35)50(10,11)12/h13-32,51-52H,1-12H3. The summed E-state index contributed by atoms with van der Waals surface area (Å²) in [5, 5.41) is 10.3. The first-order valence-electron chi connectivity index (χ1n) is 18.9. The molecule has 2 nitrogen and oxygen atoms in total. The van der Waals surface area contributed by atoms with Gasteiger partial charge in [-0.25, -0.2) is 0 Å². The first kappa shape index (κ1) is 37.0. The number of hydrogen-bond donors (Lipinski definition) is 2. The molecule has 6 aromatic rings. The zero-order chi connectivity index (χ0) is 37.6. The van der Waals surface area contributed by atoms with Crippen LogP contribution in [0.5, 0.6) is 0 Å². The van der Waals surface area contributed by atoms with Crippen LogP contribution in [-0.4, -0.2) is 0 Å². The van der Waals surface area contributed by atoms with E-state index in [1.807, 2.05) is 0 Å². The molecule has 0 saturated heterocycles. The van der Waals surface area contributed by atoms with Crippen LogP contribution >= 0.6 is 0 Å². The molecule has 0 aromatic heterocycles. The third-order valence-electron chi connectivity index (χ3n) is 10.3.